The van der Waals surface area contributed by atoms with Gasteiger partial charge in [0.05, 0.1) is 16.6 Å². The SMILES string of the molecule is CCN1C(=O)/C(=C/c2c(NCC3CCCO3)nc3c(C)cccn3c2=O)SC1=S. The van der Waals surface area contributed by atoms with E-state index in [0.717, 1.165) is 25.0 Å². The summed E-state index contributed by atoms with van der Waals surface area (Å²) in [6.07, 6.45) is 5.40. The van der Waals surface area contributed by atoms with Crippen molar-refractivity contribution in [1.82, 2.24) is 14.3 Å². The molecular formula is C20H22N4O3S2. The molecule has 4 heterocycles. The first-order chi connectivity index (χ1) is 14.0. The third-order valence-corrected chi connectivity index (χ3v) is 6.45. The number of nitrogens with one attached hydrogen (secondary N) is 1. The summed E-state index contributed by atoms with van der Waals surface area (Å²) < 4.78 is 7.69. The molecule has 0 aromatic carbocycles. The number of carbonyl (C=O) groups excluding carboxylic acids is 1. The van der Waals surface area contributed by atoms with Crippen molar-refractivity contribution in [1.29, 1.82) is 0 Å². The maximum atomic E-state index is 13.3. The molecule has 9 heteroatoms. The Morgan fingerprint density at radius 1 is 1.45 bits per heavy atom. The standard InChI is InChI=1S/C20H22N4O3S2/c1-3-23-19(26)15(29-20(23)28)10-14-16(21-11-13-7-5-9-27-13)22-17-12(2)6-4-8-24(17)18(14)25/h4,6,8,10,13,21H,3,5,7,9,11H2,1-2H3/b15-10-. The second-order valence-electron chi connectivity index (χ2n) is 7.01. The molecule has 0 bridgehead atoms. The highest BCUT2D eigenvalue weighted by atomic mass is 32.2. The number of likely N-dealkylation sites (N-methyl/N-ethyl adjacent to an activating group) is 1. The van der Waals surface area contributed by atoms with E-state index in [1.54, 1.807) is 12.3 Å². The van der Waals surface area contributed by atoms with E-state index in [9.17, 15) is 9.59 Å². The van der Waals surface area contributed by atoms with Gasteiger partial charge in [-0.05, 0) is 44.4 Å². The van der Waals surface area contributed by atoms with Crippen molar-refractivity contribution >= 4 is 51.7 Å². The number of pyridine rings is 1. The summed E-state index contributed by atoms with van der Waals surface area (Å²) >= 11 is 6.50. The zero-order valence-electron chi connectivity index (χ0n) is 16.3. The molecular weight excluding hydrogens is 408 g/mol. The summed E-state index contributed by atoms with van der Waals surface area (Å²) in [5.41, 5.74) is 1.61. The fourth-order valence-electron chi connectivity index (χ4n) is 3.50. The highest BCUT2D eigenvalue weighted by Gasteiger charge is 2.31. The van der Waals surface area contributed by atoms with Gasteiger partial charge in [0, 0.05) is 25.9 Å². The quantitative estimate of drug-likeness (QED) is 0.577. The molecule has 1 amide bonds. The zero-order valence-corrected chi connectivity index (χ0v) is 17.9. The van der Waals surface area contributed by atoms with E-state index in [0.29, 0.717) is 39.3 Å². The molecule has 2 aliphatic heterocycles. The van der Waals surface area contributed by atoms with Crippen molar-refractivity contribution in [2.75, 3.05) is 25.0 Å². The fourth-order valence-corrected chi connectivity index (χ4v) is 4.86. The number of thiocarbonyl (C=S) groups is 1. The van der Waals surface area contributed by atoms with E-state index in [1.165, 1.54) is 21.1 Å². The lowest BCUT2D eigenvalue weighted by atomic mass is 10.2. The molecule has 7 nitrogen and oxygen atoms in total. The Hall–Kier alpha value is -2.23. The van der Waals surface area contributed by atoms with Gasteiger partial charge in [0.1, 0.15) is 15.8 Å². The summed E-state index contributed by atoms with van der Waals surface area (Å²) in [5.74, 6) is 0.280. The van der Waals surface area contributed by atoms with E-state index in [-0.39, 0.29) is 17.6 Å². The predicted molar refractivity (Wildman–Crippen MR) is 119 cm³/mol. The lowest BCUT2D eigenvalue weighted by molar-refractivity contribution is -0.121. The van der Waals surface area contributed by atoms with E-state index in [2.05, 4.69) is 5.32 Å². The normalized spacial score (nSPS) is 21.0. The smallest absolute Gasteiger partial charge is 0.267 e. The van der Waals surface area contributed by atoms with Crippen LogP contribution in [0, 0.1) is 6.92 Å². The molecule has 2 saturated heterocycles. The van der Waals surface area contributed by atoms with Crippen molar-refractivity contribution in [2.24, 2.45) is 0 Å². The molecule has 0 spiro atoms. The Balaban J connectivity index is 1.80. The average molecular weight is 431 g/mol. The second kappa shape index (κ2) is 8.25. The van der Waals surface area contributed by atoms with Gasteiger partial charge in [-0.2, -0.15) is 0 Å². The van der Waals surface area contributed by atoms with Crippen LogP contribution in [0.25, 0.3) is 11.7 Å². The van der Waals surface area contributed by atoms with Gasteiger partial charge >= 0.3 is 0 Å². The first-order valence-corrected chi connectivity index (χ1v) is 10.8. The van der Waals surface area contributed by atoms with Crippen LogP contribution in [0.1, 0.15) is 30.9 Å². The molecule has 152 valence electrons. The van der Waals surface area contributed by atoms with Crippen LogP contribution in [0.3, 0.4) is 0 Å². The summed E-state index contributed by atoms with van der Waals surface area (Å²) in [5, 5.41) is 3.28. The first-order valence-electron chi connectivity index (χ1n) is 9.62. The Labute approximate surface area is 178 Å². The summed E-state index contributed by atoms with van der Waals surface area (Å²) in [4.78, 5) is 32.6. The molecule has 0 aliphatic carbocycles. The van der Waals surface area contributed by atoms with Gasteiger partial charge in [-0.3, -0.25) is 18.9 Å². The van der Waals surface area contributed by atoms with Gasteiger partial charge in [0.15, 0.2) is 0 Å². The number of amides is 1. The fraction of sp³-hybridized carbons (Fsp3) is 0.400. The average Bonchev–Trinajstić information content (AvgIpc) is 3.31. The minimum atomic E-state index is -0.227. The monoisotopic (exact) mass is 430 g/mol. The summed E-state index contributed by atoms with van der Waals surface area (Å²) in [7, 11) is 0. The molecule has 2 aliphatic rings. The lowest BCUT2D eigenvalue weighted by Gasteiger charge is -2.15. The highest BCUT2D eigenvalue weighted by molar-refractivity contribution is 8.26. The van der Waals surface area contributed by atoms with E-state index in [1.807, 2.05) is 26.0 Å². The summed E-state index contributed by atoms with van der Waals surface area (Å²) in [6.45, 7) is 5.60. The first kappa shape index (κ1) is 20.1. The Morgan fingerprint density at radius 3 is 2.97 bits per heavy atom. The number of anilines is 1. The Morgan fingerprint density at radius 2 is 2.28 bits per heavy atom. The van der Waals surface area contributed by atoms with Crippen LogP contribution in [0.4, 0.5) is 5.82 Å². The van der Waals surface area contributed by atoms with Crippen LogP contribution >= 0.6 is 24.0 Å². The molecule has 29 heavy (non-hydrogen) atoms. The number of aromatic nitrogens is 2. The van der Waals surface area contributed by atoms with Gasteiger partial charge in [-0.1, -0.05) is 30.0 Å². The maximum Gasteiger partial charge on any atom is 0.267 e. The molecule has 1 unspecified atom stereocenters. The minimum Gasteiger partial charge on any atom is -0.376 e. The van der Waals surface area contributed by atoms with Crippen molar-refractivity contribution in [3.05, 3.63) is 44.7 Å². The van der Waals surface area contributed by atoms with Crippen LogP contribution in [0.2, 0.25) is 0 Å². The highest BCUT2D eigenvalue weighted by Crippen LogP contribution is 2.32. The van der Waals surface area contributed by atoms with Crippen molar-refractivity contribution in [2.45, 2.75) is 32.8 Å². The van der Waals surface area contributed by atoms with Gasteiger partial charge in [0.25, 0.3) is 11.5 Å². The van der Waals surface area contributed by atoms with Crippen molar-refractivity contribution in [3.8, 4) is 0 Å². The van der Waals surface area contributed by atoms with Gasteiger partial charge < -0.3 is 10.1 Å². The molecule has 2 fully saturated rings. The molecule has 1 atom stereocenters. The maximum absolute atomic E-state index is 13.3. The number of rotatable bonds is 5. The van der Waals surface area contributed by atoms with Crippen molar-refractivity contribution in [3.63, 3.8) is 0 Å². The topological polar surface area (TPSA) is 75.9 Å². The van der Waals surface area contributed by atoms with E-state index < -0.39 is 0 Å². The van der Waals surface area contributed by atoms with Crippen LogP contribution in [-0.2, 0) is 9.53 Å². The molecule has 2 aromatic rings. The van der Waals surface area contributed by atoms with Crippen LogP contribution in [-0.4, -0.2) is 50.3 Å². The van der Waals surface area contributed by atoms with Crippen LogP contribution in [0.5, 0.6) is 0 Å². The number of nitrogens with zero attached hydrogens (tertiary/aromatic N) is 3. The number of carbonyl (C=O) groups is 1. The van der Waals surface area contributed by atoms with Gasteiger partial charge in [-0.15, -0.1) is 0 Å². The Kier molecular flexibility index (Phi) is 5.71. The van der Waals surface area contributed by atoms with E-state index in [4.69, 9.17) is 21.9 Å². The molecule has 0 saturated carbocycles. The number of hydrogen-bond donors (Lipinski definition) is 1. The van der Waals surface area contributed by atoms with E-state index >= 15 is 0 Å². The van der Waals surface area contributed by atoms with Gasteiger partial charge in [0.2, 0.25) is 0 Å². The van der Waals surface area contributed by atoms with Crippen LogP contribution < -0.4 is 10.9 Å². The largest absolute Gasteiger partial charge is 0.376 e. The van der Waals surface area contributed by atoms with Crippen molar-refractivity contribution < 1.29 is 9.53 Å². The summed E-state index contributed by atoms with van der Waals surface area (Å²) in [6, 6.07) is 3.73. The van der Waals surface area contributed by atoms with Crippen LogP contribution in [0.15, 0.2) is 28.0 Å². The zero-order chi connectivity index (χ0) is 20.5. The third kappa shape index (κ3) is 3.82. The second-order valence-corrected chi connectivity index (χ2v) is 8.68. The van der Waals surface area contributed by atoms with Gasteiger partial charge in [-0.25, -0.2) is 4.98 Å². The number of fused-ring (bicyclic) bond motifs is 1. The lowest BCUT2D eigenvalue weighted by Crippen LogP contribution is -2.27. The Bertz CT molecular complexity index is 1070. The predicted octanol–water partition coefficient (Wildman–Crippen LogP) is 2.81. The number of thioether (sulfide) groups is 1. The number of aryl methyl sites for hydroxylation is 1. The molecule has 4 rings (SSSR count). The molecule has 2 aromatic heterocycles. The molecule has 1 N–H and O–H groups in total. The number of hydrogen-bond acceptors (Lipinski definition) is 7. The third-order valence-electron chi connectivity index (χ3n) is 5.07. The minimum absolute atomic E-state index is 0.0956. The number of ether oxygens (including phenoxy) is 1. The molecule has 0 radical (unpaired) electrons.